The molecule has 0 atom stereocenters. The van der Waals surface area contributed by atoms with Gasteiger partial charge in [-0.15, -0.1) is 0 Å². The van der Waals surface area contributed by atoms with E-state index in [4.69, 9.17) is 0 Å². The summed E-state index contributed by atoms with van der Waals surface area (Å²) in [6.45, 7) is 5.03. The molecule has 0 aliphatic rings. The molecule has 0 aliphatic heterocycles. The van der Waals surface area contributed by atoms with Crippen LogP contribution in [0.4, 0.5) is 0 Å². The van der Waals surface area contributed by atoms with Crippen LogP contribution < -0.4 is 0 Å². The summed E-state index contributed by atoms with van der Waals surface area (Å²) in [4.78, 5) is 10.4. The van der Waals surface area contributed by atoms with Crippen molar-refractivity contribution in [3.8, 4) is 0 Å². The third kappa shape index (κ3) is 2.87. The zero-order valence-corrected chi connectivity index (χ0v) is 7.75. The lowest BCUT2D eigenvalue weighted by Crippen LogP contribution is -1.97. The van der Waals surface area contributed by atoms with Gasteiger partial charge in [0.2, 0.25) is 0 Å². The first-order valence-electron chi connectivity index (χ1n) is 2.09. The van der Waals surface area contributed by atoms with Crippen LogP contribution in [0.15, 0.2) is 12.2 Å². The van der Waals surface area contributed by atoms with Crippen LogP contribution in [0, 0.1) is 0 Å². The van der Waals surface area contributed by atoms with Crippen LogP contribution in [0.5, 0.6) is 0 Å². The number of hydrogen-bond acceptors (Lipinski definition) is 3. The van der Waals surface area contributed by atoms with E-state index in [1.54, 1.807) is 6.92 Å². The molecular formula is C4H8O2SSi. The Labute approximate surface area is 55.6 Å². The molecule has 0 aromatic carbocycles. The van der Waals surface area contributed by atoms with Gasteiger partial charge in [-0.25, -0.2) is 4.79 Å². The van der Waals surface area contributed by atoms with Crippen LogP contribution in [-0.2, 0) is 8.98 Å². The maximum Gasteiger partial charge on any atom is 0.344 e. The third-order valence-corrected chi connectivity index (χ3v) is 1.33. The molecule has 4 heteroatoms. The van der Waals surface area contributed by atoms with Gasteiger partial charge in [-0.3, -0.25) is 0 Å². The second-order valence-electron chi connectivity index (χ2n) is 1.32. The number of hydrogen-bond donors (Lipinski definition) is 0. The Kier molecular flexibility index (Phi) is 3.64. The number of carbonyl (C=O) groups is 1. The Bertz CT molecular complexity index is 113. The van der Waals surface area contributed by atoms with Gasteiger partial charge in [-0.05, 0) is 6.92 Å². The number of carbonyl (C=O) groups excluding carboxylic acids is 1. The van der Waals surface area contributed by atoms with Crippen molar-refractivity contribution in [1.82, 2.24) is 0 Å². The molecule has 0 spiro atoms. The second-order valence-corrected chi connectivity index (χ2v) is 2.82. The molecule has 0 saturated carbocycles. The van der Waals surface area contributed by atoms with Gasteiger partial charge in [-0.1, -0.05) is 6.58 Å². The SMILES string of the molecule is C=C(C)C(=O)OS[SiH3]. The second kappa shape index (κ2) is 3.74. The Morgan fingerprint density at radius 1 is 1.88 bits per heavy atom. The summed E-state index contributed by atoms with van der Waals surface area (Å²) in [5.74, 6) is -0.315. The molecule has 0 rings (SSSR count). The van der Waals surface area contributed by atoms with E-state index in [0.717, 1.165) is 9.39 Å². The van der Waals surface area contributed by atoms with Crippen molar-refractivity contribution in [3.05, 3.63) is 12.2 Å². The molecule has 0 N–H and O–H groups in total. The topological polar surface area (TPSA) is 26.3 Å². The van der Waals surface area contributed by atoms with Crippen LogP contribution in [-0.4, -0.2) is 15.4 Å². The summed E-state index contributed by atoms with van der Waals surface area (Å²) >= 11 is 1.17. The highest BCUT2D eigenvalue weighted by atomic mass is 32.4. The molecule has 0 saturated heterocycles. The van der Waals surface area contributed by atoms with Gasteiger partial charge in [-0.2, -0.15) is 0 Å². The molecule has 0 fully saturated rings. The van der Waals surface area contributed by atoms with E-state index in [9.17, 15) is 4.79 Å². The summed E-state index contributed by atoms with van der Waals surface area (Å²) in [6, 6.07) is 0. The summed E-state index contributed by atoms with van der Waals surface area (Å²) in [5, 5.41) is 0. The molecule has 0 bridgehead atoms. The predicted molar refractivity (Wildman–Crippen MR) is 38.4 cm³/mol. The average Bonchev–Trinajstić information content (AvgIpc) is 1.67. The van der Waals surface area contributed by atoms with Crippen molar-refractivity contribution in [2.24, 2.45) is 0 Å². The van der Waals surface area contributed by atoms with Crippen molar-refractivity contribution in [2.75, 3.05) is 0 Å². The largest absolute Gasteiger partial charge is 0.396 e. The summed E-state index contributed by atoms with van der Waals surface area (Å²) in [6.07, 6.45) is 0. The fourth-order valence-corrected chi connectivity index (χ4v) is 0.895. The van der Waals surface area contributed by atoms with Crippen LogP contribution >= 0.6 is 11.5 Å². The molecule has 0 aliphatic carbocycles. The predicted octanol–water partition coefficient (Wildman–Crippen LogP) is 0.0343. The standard InChI is InChI=1S/C4H8O2SSi/c1-3(2)4(5)6-7-8/h1H2,2,8H3. The third-order valence-electron chi connectivity index (χ3n) is 0.507. The van der Waals surface area contributed by atoms with E-state index in [-0.39, 0.29) is 5.97 Å². The normalized spacial score (nSPS) is 8.62. The first-order chi connectivity index (χ1) is 3.68. The van der Waals surface area contributed by atoms with Gasteiger partial charge >= 0.3 is 5.97 Å². The van der Waals surface area contributed by atoms with Gasteiger partial charge in [0, 0.05) is 17.1 Å². The van der Waals surface area contributed by atoms with E-state index in [1.165, 1.54) is 11.5 Å². The summed E-state index contributed by atoms with van der Waals surface area (Å²) in [5.41, 5.74) is 0.452. The van der Waals surface area contributed by atoms with Crippen molar-refractivity contribution in [1.29, 1.82) is 0 Å². The first-order valence-corrected chi connectivity index (χ1v) is 5.69. The van der Waals surface area contributed by atoms with E-state index in [2.05, 4.69) is 10.8 Å². The number of rotatable bonds is 2. The highest BCUT2D eigenvalue weighted by Crippen LogP contribution is 1.99. The van der Waals surface area contributed by atoms with E-state index >= 15 is 0 Å². The van der Waals surface area contributed by atoms with Crippen LogP contribution in [0.25, 0.3) is 0 Å². The summed E-state index contributed by atoms with van der Waals surface area (Å²) < 4.78 is 4.54. The monoisotopic (exact) mass is 148 g/mol. The van der Waals surface area contributed by atoms with E-state index in [0.29, 0.717) is 5.57 Å². The quantitative estimate of drug-likeness (QED) is 0.314. The smallest absolute Gasteiger partial charge is 0.344 e. The van der Waals surface area contributed by atoms with Crippen LogP contribution in [0.2, 0.25) is 0 Å². The fraction of sp³-hybridized carbons (Fsp3) is 0.250. The Balaban J connectivity index is 3.49. The minimum Gasteiger partial charge on any atom is -0.396 e. The van der Waals surface area contributed by atoms with Crippen LogP contribution in [0.3, 0.4) is 0 Å². The average molecular weight is 148 g/mol. The van der Waals surface area contributed by atoms with Gasteiger partial charge in [0.15, 0.2) is 0 Å². The maximum absolute atomic E-state index is 10.4. The molecular weight excluding hydrogens is 140 g/mol. The molecule has 2 nitrogen and oxygen atoms in total. The molecule has 0 radical (unpaired) electrons. The zero-order chi connectivity index (χ0) is 6.57. The maximum atomic E-state index is 10.4. The lowest BCUT2D eigenvalue weighted by molar-refractivity contribution is -0.128. The fourth-order valence-electron chi connectivity index (χ4n) is 0.147. The lowest BCUT2D eigenvalue weighted by Gasteiger charge is -1.94. The first kappa shape index (κ1) is 7.78. The summed E-state index contributed by atoms with van der Waals surface area (Å²) in [7, 11) is 0.815. The van der Waals surface area contributed by atoms with E-state index < -0.39 is 0 Å². The highest BCUT2D eigenvalue weighted by molar-refractivity contribution is 8.16. The van der Waals surface area contributed by atoms with Gasteiger partial charge in [0.1, 0.15) is 9.39 Å². The van der Waals surface area contributed by atoms with Gasteiger partial charge < -0.3 is 4.18 Å². The molecule has 0 aromatic heterocycles. The van der Waals surface area contributed by atoms with E-state index in [1.807, 2.05) is 0 Å². The van der Waals surface area contributed by atoms with Crippen molar-refractivity contribution < 1.29 is 8.98 Å². The molecule has 0 aromatic rings. The molecule has 8 heavy (non-hydrogen) atoms. The molecule has 0 heterocycles. The van der Waals surface area contributed by atoms with Crippen LogP contribution in [0.1, 0.15) is 6.92 Å². The molecule has 0 unspecified atom stereocenters. The van der Waals surface area contributed by atoms with Crippen molar-refractivity contribution in [3.63, 3.8) is 0 Å². The Morgan fingerprint density at radius 3 is 2.50 bits per heavy atom. The van der Waals surface area contributed by atoms with Crippen molar-refractivity contribution >= 4 is 26.9 Å². The minimum atomic E-state index is -0.315. The molecule has 46 valence electrons. The lowest BCUT2D eigenvalue weighted by atomic mass is 10.4. The van der Waals surface area contributed by atoms with Crippen molar-refractivity contribution in [2.45, 2.75) is 6.92 Å². The molecule has 0 amide bonds. The van der Waals surface area contributed by atoms with Gasteiger partial charge in [0.05, 0.1) is 0 Å². The van der Waals surface area contributed by atoms with Gasteiger partial charge in [0.25, 0.3) is 0 Å². The Morgan fingerprint density at radius 2 is 2.38 bits per heavy atom. The zero-order valence-electron chi connectivity index (χ0n) is 4.93. The Hall–Kier alpha value is -0.223. The highest BCUT2D eigenvalue weighted by Gasteiger charge is 1.99. The minimum absolute atomic E-state index is 0.315.